The van der Waals surface area contributed by atoms with Crippen molar-refractivity contribution in [1.29, 1.82) is 0 Å². The van der Waals surface area contributed by atoms with Crippen molar-refractivity contribution < 1.29 is 19.1 Å². The van der Waals surface area contributed by atoms with Gasteiger partial charge in [-0.2, -0.15) is 0 Å². The van der Waals surface area contributed by atoms with Crippen molar-refractivity contribution in [1.82, 2.24) is 9.97 Å². The van der Waals surface area contributed by atoms with Crippen LogP contribution < -0.4 is 10.2 Å². The maximum absolute atomic E-state index is 12.3. The number of esters is 1. The van der Waals surface area contributed by atoms with E-state index in [9.17, 15) is 9.59 Å². The second-order valence-corrected chi connectivity index (χ2v) is 7.07. The second-order valence-electron chi connectivity index (χ2n) is 6.04. The summed E-state index contributed by atoms with van der Waals surface area (Å²) in [7, 11) is 1.30. The summed E-state index contributed by atoms with van der Waals surface area (Å²) in [6, 6.07) is 3.54. The minimum absolute atomic E-state index is 0.137. The second kappa shape index (κ2) is 7.79. The molecule has 0 saturated carbocycles. The van der Waals surface area contributed by atoms with Crippen LogP contribution in [0.1, 0.15) is 33.9 Å². The minimum Gasteiger partial charge on any atom is -0.465 e. The van der Waals surface area contributed by atoms with Crippen LogP contribution in [0, 0.1) is 0 Å². The number of ether oxygens (including phenoxy) is 2. The molecule has 2 aromatic heterocycles. The molecule has 9 heteroatoms. The number of nitrogens with one attached hydrogen (secondary N) is 1. The first-order valence-electron chi connectivity index (χ1n) is 8.18. The molecule has 1 aliphatic rings. The molecule has 0 aliphatic carbocycles. The Bertz CT molecular complexity index is 782. The Labute approximate surface area is 155 Å². The summed E-state index contributed by atoms with van der Waals surface area (Å²) in [5.41, 5.74) is 0.415. The largest absolute Gasteiger partial charge is 0.465 e. The van der Waals surface area contributed by atoms with Gasteiger partial charge in [0.05, 0.1) is 31.1 Å². The monoisotopic (exact) mass is 376 g/mol. The average molecular weight is 376 g/mol. The van der Waals surface area contributed by atoms with E-state index in [0.29, 0.717) is 15.6 Å². The zero-order valence-corrected chi connectivity index (χ0v) is 15.6. The summed E-state index contributed by atoms with van der Waals surface area (Å²) in [4.78, 5) is 34.6. The van der Waals surface area contributed by atoms with E-state index in [-0.39, 0.29) is 18.1 Å². The van der Waals surface area contributed by atoms with Crippen LogP contribution in [-0.4, -0.2) is 54.3 Å². The highest BCUT2D eigenvalue weighted by Crippen LogP contribution is 2.21. The molecule has 0 bridgehead atoms. The van der Waals surface area contributed by atoms with Gasteiger partial charge >= 0.3 is 5.97 Å². The zero-order valence-electron chi connectivity index (χ0n) is 14.8. The van der Waals surface area contributed by atoms with Crippen molar-refractivity contribution in [3.63, 3.8) is 0 Å². The van der Waals surface area contributed by atoms with Crippen molar-refractivity contribution in [3.05, 3.63) is 35.0 Å². The molecule has 2 aromatic rings. The average Bonchev–Trinajstić information content (AvgIpc) is 3.09. The van der Waals surface area contributed by atoms with Gasteiger partial charge in [0.2, 0.25) is 0 Å². The topological polar surface area (TPSA) is 93.6 Å². The molecule has 0 radical (unpaired) electrons. The number of carbonyl (C=O) groups is 2. The molecular formula is C17H20N4O4S. The molecule has 2 unspecified atom stereocenters. The van der Waals surface area contributed by atoms with E-state index in [1.54, 1.807) is 6.07 Å². The van der Waals surface area contributed by atoms with Gasteiger partial charge in [0.15, 0.2) is 5.13 Å². The van der Waals surface area contributed by atoms with E-state index in [1.165, 1.54) is 19.5 Å². The molecule has 0 aromatic carbocycles. The SMILES string of the molecule is COC(=O)c1cnc(NC(=O)c2ccc(N3CC(C)OC(C)C3)nc2)s1. The molecule has 2 atom stereocenters. The predicted octanol–water partition coefficient (Wildman–Crippen LogP) is 2.19. The van der Waals surface area contributed by atoms with Crippen LogP contribution in [0.5, 0.6) is 0 Å². The third kappa shape index (κ3) is 4.17. The number of nitrogens with zero attached hydrogens (tertiary/aromatic N) is 3. The predicted molar refractivity (Wildman–Crippen MR) is 97.9 cm³/mol. The molecule has 26 heavy (non-hydrogen) atoms. The first kappa shape index (κ1) is 18.3. The van der Waals surface area contributed by atoms with Gasteiger partial charge in [-0.3, -0.25) is 10.1 Å². The molecule has 138 valence electrons. The van der Waals surface area contributed by atoms with E-state index >= 15 is 0 Å². The molecular weight excluding hydrogens is 356 g/mol. The fourth-order valence-electron chi connectivity index (χ4n) is 2.77. The van der Waals surface area contributed by atoms with Crippen molar-refractivity contribution in [2.24, 2.45) is 0 Å². The van der Waals surface area contributed by atoms with E-state index in [4.69, 9.17) is 4.74 Å². The molecule has 0 spiro atoms. The number of aromatic nitrogens is 2. The Balaban J connectivity index is 1.65. The van der Waals surface area contributed by atoms with Crippen LogP contribution >= 0.6 is 11.3 Å². The lowest BCUT2D eigenvalue weighted by Gasteiger charge is -2.36. The van der Waals surface area contributed by atoms with Crippen molar-refractivity contribution >= 4 is 34.2 Å². The highest BCUT2D eigenvalue weighted by atomic mass is 32.1. The summed E-state index contributed by atoms with van der Waals surface area (Å²) >= 11 is 1.05. The summed E-state index contributed by atoms with van der Waals surface area (Å²) in [6.45, 7) is 5.58. The van der Waals surface area contributed by atoms with Crippen LogP contribution in [0.4, 0.5) is 10.9 Å². The maximum atomic E-state index is 12.3. The van der Waals surface area contributed by atoms with Crippen molar-refractivity contribution in [2.45, 2.75) is 26.1 Å². The maximum Gasteiger partial charge on any atom is 0.349 e. The highest BCUT2D eigenvalue weighted by Gasteiger charge is 2.23. The fourth-order valence-corrected chi connectivity index (χ4v) is 3.50. The van der Waals surface area contributed by atoms with Crippen molar-refractivity contribution in [2.75, 3.05) is 30.4 Å². The lowest BCUT2D eigenvalue weighted by Crippen LogP contribution is -2.45. The summed E-state index contributed by atoms with van der Waals surface area (Å²) in [5, 5.41) is 2.99. The smallest absolute Gasteiger partial charge is 0.349 e. The molecule has 1 fully saturated rings. The number of thiazole rings is 1. The van der Waals surface area contributed by atoms with Gasteiger partial charge in [0, 0.05) is 19.3 Å². The Kier molecular flexibility index (Phi) is 5.48. The molecule has 3 heterocycles. The van der Waals surface area contributed by atoms with Gasteiger partial charge in [-0.05, 0) is 26.0 Å². The van der Waals surface area contributed by atoms with Crippen LogP contribution in [0.2, 0.25) is 0 Å². The number of carbonyl (C=O) groups excluding carboxylic acids is 2. The normalized spacial score (nSPS) is 19.9. The van der Waals surface area contributed by atoms with Gasteiger partial charge in [0.25, 0.3) is 5.91 Å². The Morgan fingerprint density at radius 3 is 2.58 bits per heavy atom. The first-order chi connectivity index (χ1) is 12.5. The number of morpholine rings is 1. The van der Waals surface area contributed by atoms with E-state index < -0.39 is 5.97 Å². The number of amides is 1. The number of pyridine rings is 1. The molecule has 3 rings (SSSR count). The molecule has 1 aliphatic heterocycles. The Morgan fingerprint density at radius 2 is 1.96 bits per heavy atom. The number of hydrogen-bond donors (Lipinski definition) is 1. The standard InChI is InChI=1S/C17H20N4O4S/c1-10-8-21(9-11(2)25-10)14-5-4-12(6-18-14)15(22)20-17-19-7-13(26-17)16(23)24-3/h4-7,10-11H,8-9H2,1-3H3,(H,19,20,22). The van der Waals surface area contributed by atoms with Crippen LogP contribution in [0.15, 0.2) is 24.5 Å². The van der Waals surface area contributed by atoms with Crippen LogP contribution in [-0.2, 0) is 9.47 Å². The summed E-state index contributed by atoms with van der Waals surface area (Å²) in [6.07, 6.45) is 3.17. The van der Waals surface area contributed by atoms with Crippen molar-refractivity contribution in [3.8, 4) is 0 Å². The van der Waals surface area contributed by atoms with Crippen LogP contribution in [0.25, 0.3) is 0 Å². The third-order valence-electron chi connectivity index (χ3n) is 3.87. The number of rotatable bonds is 4. The zero-order chi connectivity index (χ0) is 18.7. The van der Waals surface area contributed by atoms with E-state index in [1.807, 2.05) is 19.9 Å². The Hall–Kier alpha value is -2.52. The summed E-state index contributed by atoms with van der Waals surface area (Å²) < 4.78 is 10.3. The van der Waals surface area contributed by atoms with Gasteiger partial charge in [-0.1, -0.05) is 11.3 Å². The number of methoxy groups -OCH3 is 1. The van der Waals surface area contributed by atoms with Crippen LogP contribution in [0.3, 0.4) is 0 Å². The highest BCUT2D eigenvalue weighted by molar-refractivity contribution is 7.17. The van der Waals surface area contributed by atoms with Gasteiger partial charge < -0.3 is 14.4 Å². The summed E-state index contributed by atoms with van der Waals surface area (Å²) in [5.74, 6) is -0.00714. The molecule has 1 amide bonds. The van der Waals surface area contributed by atoms with Gasteiger partial charge in [-0.15, -0.1) is 0 Å². The first-order valence-corrected chi connectivity index (χ1v) is 9.00. The Morgan fingerprint density at radius 1 is 1.23 bits per heavy atom. The van der Waals surface area contributed by atoms with Gasteiger partial charge in [-0.25, -0.2) is 14.8 Å². The molecule has 1 saturated heterocycles. The number of anilines is 2. The lowest BCUT2D eigenvalue weighted by atomic mass is 10.2. The molecule has 8 nitrogen and oxygen atoms in total. The third-order valence-corrected chi connectivity index (χ3v) is 4.76. The van der Waals surface area contributed by atoms with Gasteiger partial charge in [0.1, 0.15) is 10.7 Å². The quantitative estimate of drug-likeness (QED) is 0.818. The van der Waals surface area contributed by atoms with E-state index in [0.717, 1.165) is 30.2 Å². The molecule has 1 N–H and O–H groups in total. The fraction of sp³-hybridized carbons (Fsp3) is 0.412. The van der Waals surface area contributed by atoms with E-state index in [2.05, 4.69) is 24.9 Å². The minimum atomic E-state index is -0.483. The number of hydrogen-bond acceptors (Lipinski definition) is 8. The lowest BCUT2D eigenvalue weighted by molar-refractivity contribution is -0.00546.